The van der Waals surface area contributed by atoms with E-state index in [0.29, 0.717) is 12.3 Å². The van der Waals surface area contributed by atoms with E-state index in [1.165, 1.54) is 5.56 Å². The molecule has 0 spiro atoms. The molecule has 1 fully saturated rings. The lowest BCUT2D eigenvalue weighted by atomic mass is 9.78. The number of amides is 1. The molecule has 2 N–H and O–H groups in total. The first-order valence-corrected chi connectivity index (χ1v) is 9.25. The van der Waals surface area contributed by atoms with Gasteiger partial charge in [0, 0.05) is 12.3 Å². The number of hydrogen-bond donors (Lipinski definition) is 2. The van der Waals surface area contributed by atoms with E-state index in [4.69, 9.17) is 0 Å². The first kappa shape index (κ1) is 18.2. The van der Waals surface area contributed by atoms with Gasteiger partial charge in [0.1, 0.15) is 6.04 Å². The van der Waals surface area contributed by atoms with E-state index >= 15 is 0 Å². The predicted octanol–water partition coefficient (Wildman–Crippen LogP) is 3.77. The Labute approximate surface area is 154 Å². The van der Waals surface area contributed by atoms with Crippen molar-refractivity contribution >= 4 is 11.9 Å². The summed E-state index contributed by atoms with van der Waals surface area (Å²) >= 11 is 0. The molecule has 0 aliphatic heterocycles. The first-order valence-electron chi connectivity index (χ1n) is 9.25. The van der Waals surface area contributed by atoms with Crippen LogP contribution in [0.25, 0.3) is 0 Å². The zero-order valence-corrected chi connectivity index (χ0v) is 14.8. The van der Waals surface area contributed by atoms with Crippen LogP contribution in [0.4, 0.5) is 0 Å². The normalized spacial score (nSPS) is 20.9. The SMILES string of the molecule is O=C(N[C@H](Cc1ccccc1)C(=O)O)C1CCC(c2ccccc2)CC1. The van der Waals surface area contributed by atoms with Crippen molar-refractivity contribution < 1.29 is 14.7 Å². The van der Waals surface area contributed by atoms with Gasteiger partial charge in [0.25, 0.3) is 0 Å². The fourth-order valence-electron chi connectivity index (χ4n) is 3.75. The molecule has 0 saturated heterocycles. The number of carbonyl (C=O) groups is 2. The van der Waals surface area contributed by atoms with E-state index in [9.17, 15) is 14.7 Å². The molecule has 0 radical (unpaired) electrons. The molecule has 0 bridgehead atoms. The summed E-state index contributed by atoms with van der Waals surface area (Å²) in [6, 6.07) is 18.9. The Bertz CT molecular complexity index is 722. The second-order valence-corrected chi connectivity index (χ2v) is 7.05. The average Bonchev–Trinajstić information content (AvgIpc) is 2.69. The lowest BCUT2D eigenvalue weighted by Crippen LogP contribution is -2.45. The molecule has 136 valence electrons. The van der Waals surface area contributed by atoms with Gasteiger partial charge in [-0.3, -0.25) is 4.79 Å². The van der Waals surface area contributed by atoms with Gasteiger partial charge in [0.05, 0.1) is 0 Å². The molecule has 1 aliphatic rings. The van der Waals surface area contributed by atoms with Crippen LogP contribution >= 0.6 is 0 Å². The summed E-state index contributed by atoms with van der Waals surface area (Å²) in [7, 11) is 0. The third-order valence-corrected chi connectivity index (χ3v) is 5.27. The second kappa shape index (κ2) is 8.65. The van der Waals surface area contributed by atoms with Crippen molar-refractivity contribution in [1.29, 1.82) is 0 Å². The number of carboxylic acids is 1. The average molecular weight is 351 g/mol. The number of nitrogens with one attached hydrogen (secondary N) is 1. The molecular formula is C22H25NO3. The largest absolute Gasteiger partial charge is 0.480 e. The minimum atomic E-state index is -0.986. The quantitative estimate of drug-likeness (QED) is 0.832. The topological polar surface area (TPSA) is 66.4 Å². The third-order valence-electron chi connectivity index (χ3n) is 5.27. The summed E-state index contributed by atoms with van der Waals surface area (Å²) in [5, 5.41) is 12.2. The van der Waals surface area contributed by atoms with E-state index in [2.05, 4.69) is 29.6 Å². The highest BCUT2D eigenvalue weighted by molar-refractivity contribution is 5.85. The molecular weight excluding hydrogens is 326 g/mol. The Morgan fingerprint density at radius 2 is 1.50 bits per heavy atom. The maximum atomic E-state index is 12.6. The van der Waals surface area contributed by atoms with Crippen LogP contribution in [-0.2, 0) is 16.0 Å². The van der Waals surface area contributed by atoms with Crippen LogP contribution in [0.1, 0.15) is 42.7 Å². The predicted molar refractivity (Wildman–Crippen MR) is 101 cm³/mol. The summed E-state index contributed by atoms with van der Waals surface area (Å²) in [5.41, 5.74) is 2.24. The smallest absolute Gasteiger partial charge is 0.326 e. The monoisotopic (exact) mass is 351 g/mol. The van der Waals surface area contributed by atoms with E-state index in [1.54, 1.807) is 0 Å². The van der Waals surface area contributed by atoms with E-state index in [1.807, 2.05) is 36.4 Å². The molecule has 2 aromatic carbocycles. The minimum Gasteiger partial charge on any atom is -0.480 e. The fourth-order valence-corrected chi connectivity index (χ4v) is 3.75. The minimum absolute atomic E-state index is 0.0902. The van der Waals surface area contributed by atoms with Crippen LogP contribution in [0.2, 0.25) is 0 Å². The van der Waals surface area contributed by atoms with Gasteiger partial charge in [-0.15, -0.1) is 0 Å². The van der Waals surface area contributed by atoms with Gasteiger partial charge in [-0.1, -0.05) is 60.7 Å². The highest BCUT2D eigenvalue weighted by atomic mass is 16.4. The van der Waals surface area contributed by atoms with Crippen LogP contribution in [0.5, 0.6) is 0 Å². The van der Waals surface area contributed by atoms with Crippen molar-refractivity contribution in [2.45, 2.75) is 44.1 Å². The van der Waals surface area contributed by atoms with E-state index < -0.39 is 12.0 Å². The molecule has 1 amide bonds. The molecule has 4 nitrogen and oxygen atoms in total. The molecule has 3 rings (SSSR count). The van der Waals surface area contributed by atoms with Crippen molar-refractivity contribution in [1.82, 2.24) is 5.32 Å². The zero-order chi connectivity index (χ0) is 18.4. The molecule has 1 saturated carbocycles. The van der Waals surface area contributed by atoms with Crippen molar-refractivity contribution in [3.8, 4) is 0 Å². The van der Waals surface area contributed by atoms with Crippen LogP contribution in [0.3, 0.4) is 0 Å². The summed E-state index contributed by atoms with van der Waals surface area (Å²) in [6.45, 7) is 0. The Morgan fingerprint density at radius 1 is 0.923 bits per heavy atom. The Morgan fingerprint density at radius 3 is 2.08 bits per heavy atom. The fraction of sp³-hybridized carbons (Fsp3) is 0.364. The van der Waals surface area contributed by atoms with Crippen molar-refractivity contribution in [2.75, 3.05) is 0 Å². The van der Waals surface area contributed by atoms with Gasteiger partial charge in [0.2, 0.25) is 5.91 Å². The molecule has 0 unspecified atom stereocenters. The van der Waals surface area contributed by atoms with Gasteiger partial charge in [0.15, 0.2) is 0 Å². The number of aliphatic carboxylic acids is 1. The number of carbonyl (C=O) groups excluding carboxylic acids is 1. The Hall–Kier alpha value is -2.62. The summed E-state index contributed by atoms with van der Waals surface area (Å²) in [4.78, 5) is 24.1. The van der Waals surface area contributed by atoms with E-state index in [0.717, 1.165) is 31.2 Å². The van der Waals surface area contributed by atoms with Crippen molar-refractivity contribution in [3.63, 3.8) is 0 Å². The lowest BCUT2D eigenvalue weighted by Gasteiger charge is -2.29. The van der Waals surface area contributed by atoms with E-state index in [-0.39, 0.29) is 11.8 Å². The van der Waals surface area contributed by atoms with Gasteiger partial charge in [-0.05, 0) is 42.7 Å². The Kier molecular flexibility index (Phi) is 6.05. The van der Waals surface area contributed by atoms with Crippen molar-refractivity contribution in [2.24, 2.45) is 5.92 Å². The second-order valence-electron chi connectivity index (χ2n) is 7.05. The lowest BCUT2D eigenvalue weighted by molar-refractivity contribution is -0.142. The van der Waals surface area contributed by atoms with Gasteiger partial charge in [-0.25, -0.2) is 4.79 Å². The molecule has 0 heterocycles. The van der Waals surface area contributed by atoms with Crippen LogP contribution in [0.15, 0.2) is 60.7 Å². The number of hydrogen-bond acceptors (Lipinski definition) is 2. The molecule has 26 heavy (non-hydrogen) atoms. The molecule has 1 atom stereocenters. The summed E-state index contributed by atoms with van der Waals surface area (Å²) in [6.07, 6.45) is 3.87. The molecule has 1 aliphatic carbocycles. The van der Waals surface area contributed by atoms with Crippen LogP contribution in [-0.4, -0.2) is 23.0 Å². The highest BCUT2D eigenvalue weighted by Gasteiger charge is 2.29. The summed E-state index contributed by atoms with van der Waals surface area (Å²) in [5.74, 6) is -0.701. The number of rotatable bonds is 6. The zero-order valence-electron chi connectivity index (χ0n) is 14.8. The van der Waals surface area contributed by atoms with Gasteiger partial charge in [-0.2, -0.15) is 0 Å². The molecule has 0 aromatic heterocycles. The van der Waals surface area contributed by atoms with Gasteiger partial charge >= 0.3 is 5.97 Å². The van der Waals surface area contributed by atoms with Gasteiger partial charge < -0.3 is 10.4 Å². The Balaban J connectivity index is 1.54. The standard InChI is InChI=1S/C22H25NO3/c24-21(23-20(22(25)26)15-16-7-3-1-4-8-16)19-13-11-18(12-14-19)17-9-5-2-6-10-17/h1-10,18-20H,11-15H2,(H,23,24)(H,25,26)/t18?,19?,20-/m1/s1. The maximum Gasteiger partial charge on any atom is 0.326 e. The third kappa shape index (κ3) is 4.72. The highest BCUT2D eigenvalue weighted by Crippen LogP contribution is 2.35. The summed E-state index contributed by atoms with van der Waals surface area (Å²) < 4.78 is 0. The van der Waals surface area contributed by atoms with Crippen LogP contribution < -0.4 is 5.32 Å². The van der Waals surface area contributed by atoms with Crippen LogP contribution in [0, 0.1) is 5.92 Å². The number of carboxylic acid groups (broad SMARTS) is 1. The maximum absolute atomic E-state index is 12.6. The first-order chi connectivity index (χ1) is 12.6. The molecule has 2 aromatic rings. The molecule has 4 heteroatoms. The number of benzene rings is 2. The van der Waals surface area contributed by atoms with Crippen molar-refractivity contribution in [3.05, 3.63) is 71.8 Å².